The van der Waals surface area contributed by atoms with Gasteiger partial charge in [-0.05, 0) is 57.6 Å². The standard InChI is InChI=1S/C61H64O12/c1-63-50-32-34-51(35-33-50)70-60-59(69-41-49-30-18-7-19-31-49)57(67-39-47-26-14-5-15-27-47)55(53(72-60)43-65-37-45-22-10-3-11-23-45)73-61-58(68-40-48-28-16-6-17-29-48)56(66-38-46-24-12-4-13-25-46)54(62)52(71-61)42-64-36-44-20-8-2-9-21-44/h2-35,52-62H,36-43H2,1H3/t52-,53-,54+,55-,56+,57+,58-,59-,60-,61+/m1/s1. The van der Waals surface area contributed by atoms with Gasteiger partial charge >= 0.3 is 0 Å². The van der Waals surface area contributed by atoms with Crippen molar-refractivity contribution in [3.8, 4) is 11.5 Å². The molecule has 10 atom stereocenters. The Morgan fingerprint density at radius 3 is 1.12 bits per heavy atom. The number of ether oxygens (including phenoxy) is 11. The Labute approximate surface area is 428 Å². The first-order chi connectivity index (χ1) is 36.1. The SMILES string of the molecule is COc1ccc(O[C@@H]2O[C@H](COCc3ccccc3)[C@@H](O[C@@H]3O[C@H](COCc4ccccc4)[C@H](O)[C@H](OCc4ccccc4)[C@H]3OCc3ccccc3)[C@H](OCc3ccccc3)[C@H]2OCc2ccccc2)cc1. The van der Waals surface area contributed by atoms with E-state index < -0.39 is 61.4 Å². The summed E-state index contributed by atoms with van der Waals surface area (Å²) in [6.45, 7) is 1.42. The summed E-state index contributed by atoms with van der Waals surface area (Å²) in [6.07, 6.45) is -9.82. The molecule has 0 radical (unpaired) electrons. The Balaban J connectivity index is 1.10. The predicted molar refractivity (Wildman–Crippen MR) is 274 cm³/mol. The molecule has 380 valence electrons. The third-order valence-corrected chi connectivity index (χ3v) is 12.7. The first-order valence-electron chi connectivity index (χ1n) is 24.9. The lowest BCUT2D eigenvalue weighted by Gasteiger charge is -2.49. The van der Waals surface area contributed by atoms with Gasteiger partial charge in [-0.3, -0.25) is 0 Å². The number of benzene rings is 7. The molecular formula is C61H64O12. The molecule has 0 saturated carbocycles. The van der Waals surface area contributed by atoms with Gasteiger partial charge in [-0.15, -0.1) is 0 Å². The maximum Gasteiger partial charge on any atom is 0.229 e. The van der Waals surface area contributed by atoms with E-state index in [4.69, 9.17) is 52.1 Å². The second kappa shape index (κ2) is 27.2. The number of aliphatic hydroxyl groups is 1. The van der Waals surface area contributed by atoms with Crippen LogP contribution in [-0.4, -0.2) is 86.8 Å². The van der Waals surface area contributed by atoms with Crippen LogP contribution in [0.4, 0.5) is 0 Å². The van der Waals surface area contributed by atoms with Gasteiger partial charge in [0.05, 0.1) is 60.0 Å². The van der Waals surface area contributed by atoms with Crippen LogP contribution in [0.3, 0.4) is 0 Å². The fraction of sp³-hybridized carbons (Fsp3) is 0.311. The van der Waals surface area contributed by atoms with Crippen LogP contribution in [0.2, 0.25) is 0 Å². The third-order valence-electron chi connectivity index (χ3n) is 12.7. The summed E-state index contributed by atoms with van der Waals surface area (Å²) >= 11 is 0. The Morgan fingerprint density at radius 2 is 0.699 bits per heavy atom. The summed E-state index contributed by atoms with van der Waals surface area (Å²) in [6, 6.07) is 66.6. The van der Waals surface area contributed by atoms with Gasteiger partial charge in [-0.25, -0.2) is 0 Å². The summed E-state index contributed by atoms with van der Waals surface area (Å²) in [5.41, 5.74) is 5.67. The van der Waals surface area contributed by atoms with E-state index in [2.05, 4.69) is 0 Å². The molecule has 0 unspecified atom stereocenters. The summed E-state index contributed by atoms with van der Waals surface area (Å²) in [5, 5.41) is 12.4. The highest BCUT2D eigenvalue weighted by Gasteiger charge is 2.54. The van der Waals surface area contributed by atoms with E-state index in [9.17, 15) is 5.11 Å². The lowest BCUT2D eigenvalue weighted by molar-refractivity contribution is -0.369. The van der Waals surface area contributed by atoms with Crippen LogP contribution in [0.1, 0.15) is 33.4 Å². The lowest BCUT2D eigenvalue weighted by atomic mass is 9.96. The highest BCUT2D eigenvalue weighted by Crippen LogP contribution is 2.37. The summed E-state index contributed by atoms with van der Waals surface area (Å²) in [5.74, 6) is 1.20. The van der Waals surface area contributed by atoms with Crippen LogP contribution in [0.5, 0.6) is 11.5 Å². The van der Waals surface area contributed by atoms with Crippen molar-refractivity contribution in [2.75, 3.05) is 20.3 Å². The van der Waals surface area contributed by atoms with Crippen LogP contribution < -0.4 is 9.47 Å². The van der Waals surface area contributed by atoms with Gasteiger partial charge in [0.2, 0.25) is 6.29 Å². The van der Waals surface area contributed by atoms with E-state index in [0.29, 0.717) is 24.7 Å². The van der Waals surface area contributed by atoms with E-state index in [-0.39, 0.29) is 39.6 Å². The minimum atomic E-state index is -1.19. The van der Waals surface area contributed by atoms with E-state index in [0.717, 1.165) is 33.4 Å². The average Bonchev–Trinajstić information content (AvgIpc) is 3.44. The van der Waals surface area contributed by atoms with E-state index in [1.165, 1.54) is 0 Å². The smallest absolute Gasteiger partial charge is 0.229 e. The maximum absolute atomic E-state index is 12.4. The molecule has 12 heteroatoms. The number of rotatable bonds is 25. The minimum absolute atomic E-state index is 0.0197. The molecule has 1 N–H and O–H groups in total. The van der Waals surface area contributed by atoms with Crippen molar-refractivity contribution < 1.29 is 57.2 Å². The zero-order valence-corrected chi connectivity index (χ0v) is 41.0. The topological polar surface area (TPSA) is 122 Å². The molecule has 0 amide bonds. The fourth-order valence-electron chi connectivity index (χ4n) is 8.89. The molecule has 0 aromatic heterocycles. The van der Waals surface area contributed by atoms with Gasteiger partial charge in [0.1, 0.15) is 60.3 Å². The van der Waals surface area contributed by atoms with Crippen molar-refractivity contribution in [1.82, 2.24) is 0 Å². The van der Waals surface area contributed by atoms with Gasteiger partial charge in [0, 0.05) is 0 Å². The van der Waals surface area contributed by atoms with Crippen molar-refractivity contribution in [2.45, 2.75) is 101 Å². The fourth-order valence-corrected chi connectivity index (χ4v) is 8.89. The van der Waals surface area contributed by atoms with Crippen molar-refractivity contribution in [1.29, 1.82) is 0 Å². The average molecular weight is 989 g/mol. The first kappa shape index (κ1) is 51.6. The zero-order valence-electron chi connectivity index (χ0n) is 41.0. The van der Waals surface area contributed by atoms with Crippen LogP contribution in [0.25, 0.3) is 0 Å². The molecule has 0 aliphatic carbocycles. The van der Waals surface area contributed by atoms with Gasteiger partial charge in [0.15, 0.2) is 6.29 Å². The molecule has 12 nitrogen and oxygen atoms in total. The molecule has 0 bridgehead atoms. The quantitative estimate of drug-likeness (QED) is 0.0587. The number of methoxy groups -OCH3 is 1. The summed E-state index contributed by atoms with van der Waals surface area (Å²) < 4.78 is 74.1. The van der Waals surface area contributed by atoms with Crippen LogP contribution in [-0.2, 0) is 82.3 Å². The summed E-state index contributed by atoms with van der Waals surface area (Å²) in [7, 11) is 1.62. The predicted octanol–water partition coefficient (Wildman–Crippen LogP) is 10.0. The highest BCUT2D eigenvalue weighted by atomic mass is 16.8. The van der Waals surface area contributed by atoms with Gasteiger partial charge in [-0.2, -0.15) is 0 Å². The molecule has 0 spiro atoms. The minimum Gasteiger partial charge on any atom is -0.497 e. The first-order valence-corrected chi connectivity index (χ1v) is 24.9. The normalized spacial score (nSPS) is 23.9. The van der Waals surface area contributed by atoms with Crippen LogP contribution in [0.15, 0.2) is 206 Å². The summed E-state index contributed by atoms with van der Waals surface area (Å²) in [4.78, 5) is 0. The molecular weight excluding hydrogens is 925 g/mol. The molecule has 2 heterocycles. The molecule has 7 aromatic rings. The Morgan fingerprint density at radius 1 is 0.356 bits per heavy atom. The van der Waals surface area contributed by atoms with E-state index >= 15 is 0 Å². The van der Waals surface area contributed by atoms with Gasteiger partial charge in [0.25, 0.3) is 0 Å². The molecule has 73 heavy (non-hydrogen) atoms. The Hall–Kier alpha value is -6.26. The van der Waals surface area contributed by atoms with Crippen LogP contribution in [0, 0.1) is 0 Å². The molecule has 7 aromatic carbocycles. The second-order valence-electron chi connectivity index (χ2n) is 18.0. The monoisotopic (exact) mass is 988 g/mol. The van der Waals surface area contributed by atoms with E-state index in [1.807, 2.05) is 206 Å². The third kappa shape index (κ3) is 14.9. The van der Waals surface area contributed by atoms with Gasteiger partial charge in [-0.1, -0.05) is 182 Å². The van der Waals surface area contributed by atoms with Crippen molar-refractivity contribution in [3.05, 3.63) is 240 Å². The molecule has 9 rings (SSSR count). The molecule has 2 aliphatic rings. The number of aliphatic hydroxyl groups excluding tert-OH is 1. The molecule has 2 saturated heterocycles. The Bertz CT molecular complexity index is 2600. The molecule has 2 fully saturated rings. The largest absolute Gasteiger partial charge is 0.497 e. The van der Waals surface area contributed by atoms with Crippen molar-refractivity contribution in [3.63, 3.8) is 0 Å². The lowest BCUT2D eigenvalue weighted by Crippen LogP contribution is -2.66. The zero-order chi connectivity index (χ0) is 49.9. The van der Waals surface area contributed by atoms with E-state index in [1.54, 1.807) is 7.11 Å². The van der Waals surface area contributed by atoms with Crippen molar-refractivity contribution >= 4 is 0 Å². The van der Waals surface area contributed by atoms with Crippen LogP contribution >= 0.6 is 0 Å². The highest BCUT2D eigenvalue weighted by molar-refractivity contribution is 5.31. The van der Waals surface area contributed by atoms with Crippen molar-refractivity contribution in [2.24, 2.45) is 0 Å². The Kier molecular flexibility index (Phi) is 19.2. The molecule has 2 aliphatic heterocycles. The second-order valence-corrected chi connectivity index (χ2v) is 18.0. The number of hydrogen-bond donors (Lipinski definition) is 1. The number of hydrogen-bond acceptors (Lipinski definition) is 12. The maximum atomic E-state index is 12.4. The van der Waals surface area contributed by atoms with Gasteiger partial charge < -0.3 is 57.2 Å².